The fraction of sp³-hybridized carbons (Fsp3) is 0.278. The fourth-order valence-corrected chi connectivity index (χ4v) is 3.97. The number of benzene rings is 2. The van der Waals surface area contributed by atoms with E-state index in [4.69, 9.17) is 9.05 Å². The average molecular weight is 348 g/mol. The minimum absolute atomic E-state index is 0.0899. The van der Waals surface area contributed by atoms with E-state index in [2.05, 4.69) is 0 Å². The lowest BCUT2D eigenvalue weighted by atomic mass is 10.1. The number of hydrogen-bond acceptors (Lipinski definition) is 4. The molecule has 2 aromatic rings. The predicted octanol–water partition coefficient (Wildman–Crippen LogP) is 3.78. The normalized spacial score (nSPS) is 14.7. The molecule has 0 spiro atoms. The van der Waals surface area contributed by atoms with Gasteiger partial charge >= 0.3 is 13.6 Å². The second-order valence-electron chi connectivity index (χ2n) is 5.33. The largest absolute Gasteiger partial charge is 0.481 e. The lowest BCUT2D eigenvalue weighted by molar-refractivity contribution is -0.137. The minimum Gasteiger partial charge on any atom is -0.481 e. The Bertz CT molecular complexity index is 687. The third-order valence-corrected chi connectivity index (χ3v) is 5.92. The molecule has 0 bridgehead atoms. The predicted molar refractivity (Wildman–Crippen MR) is 92.3 cm³/mol. The Hall–Kier alpha value is -1.94. The average Bonchev–Trinajstić information content (AvgIpc) is 2.61. The maximum absolute atomic E-state index is 12.9. The van der Waals surface area contributed by atoms with Crippen LogP contribution in [0, 0.1) is 0 Å². The zero-order valence-corrected chi connectivity index (χ0v) is 14.4. The van der Waals surface area contributed by atoms with Gasteiger partial charge in [-0.15, -0.1) is 0 Å². The van der Waals surface area contributed by atoms with E-state index in [1.807, 2.05) is 48.5 Å². The smallest absolute Gasteiger partial charge is 0.344 e. The van der Waals surface area contributed by atoms with Crippen molar-refractivity contribution in [1.29, 1.82) is 0 Å². The van der Waals surface area contributed by atoms with E-state index < -0.39 is 19.2 Å². The van der Waals surface area contributed by atoms with Crippen molar-refractivity contribution in [2.75, 3.05) is 13.7 Å². The highest BCUT2D eigenvalue weighted by Crippen LogP contribution is 2.53. The van der Waals surface area contributed by atoms with E-state index in [9.17, 15) is 14.5 Å². The Morgan fingerprint density at radius 2 is 1.58 bits per heavy atom. The molecule has 128 valence electrons. The highest BCUT2D eigenvalue weighted by molar-refractivity contribution is 7.55. The maximum Gasteiger partial charge on any atom is 0.344 e. The van der Waals surface area contributed by atoms with Crippen LogP contribution in [0.15, 0.2) is 60.7 Å². The van der Waals surface area contributed by atoms with Gasteiger partial charge in [-0.3, -0.25) is 9.36 Å². The Morgan fingerprint density at radius 1 is 1.04 bits per heavy atom. The second kappa shape index (κ2) is 8.78. The van der Waals surface area contributed by atoms with Crippen molar-refractivity contribution in [3.8, 4) is 0 Å². The summed E-state index contributed by atoms with van der Waals surface area (Å²) < 4.78 is 23.3. The zero-order chi connectivity index (χ0) is 17.4. The summed E-state index contributed by atoms with van der Waals surface area (Å²) in [6, 6.07) is 18.6. The summed E-state index contributed by atoms with van der Waals surface area (Å²) in [7, 11) is -2.54. The monoisotopic (exact) mass is 348 g/mol. The Balaban J connectivity index is 2.06. The van der Waals surface area contributed by atoms with Crippen LogP contribution in [-0.4, -0.2) is 30.5 Å². The highest BCUT2D eigenvalue weighted by Gasteiger charge is 2.40. The van der Waals surface area contributed by atoms with Crippen molar-refractivity contribution in [3.05, 3.63) is 71.8 Å². The molecule has 0 heterocycles. The lowest BCUT2D eigenvalue weighted by Gasteiger charge is -2.22. The molecular formula is C18H21O5P. The fourth-order valence-electron chi connectivity index (χ4n) is 2.38. The summed E-state index contributed by atoms with van der Waals surface area (Å²) in [6.07, 6.45) is 0.624. The van der Waals surface area contributed by atoms with Gasteiger partial charge in [-0.1, -0.05) is 60.7 Å². The Morgan fingerprint density at radius 3 is 2.08 bits per heavy atom. The molecule has 0 aromatic heterocycles. The van der Waals surface area contributed by atoms with Crippen molar-refractivity contribution in [2.45, 2.75) is 18.5 Å². The number of carboxylic acid groups (broad SMARTS) is 1. The number of hydrogen-bond donors (Lipinski definition) is 1. The van der Waals surface area contributed by atoms with Gasteiger partial charge in [0.15, 0.2) is 5.66 Å². The Labute approximate surface area is 141 Å². The van der Waals surface area contributed by atoms with Crippen LogP contribution < -0.4 is 0 Å². The molecule has 0 saturated carbocycles. The van der Waals surface area contributed by atoms with Crippen molar-refractivity contribution in [1.82, 2.24) is 0 Å². The number of carboxylic acids is 1. The molecule has 2 rings (SSSR count). The van der Waals surface area contributed by atoms with Crippen molar-refractivity contribution in [2.24, 2.45) is 0 Å². The molecule has 0 fully saturated rings. The van der Waals surface area contributed by atoms with Gasteiger partial charge in [0.2, 0.25) is 0 Å². The molecule has 0 saturated heterocycles. The number of rotatable bonds is 9. The van der Waals surface area contributed by atoms with Gasteiger partial charge in [-0.2, -0.15) is 0 Å². The van der Waals surface area contributed by atoms with Crippen LogP contribution in [0.1, 0.15) is 11.1 Å². The van der Waals surface area contributed by atoms with E-state index in [1.165, 1.54) is 7.11 Å². The first-order valence-corrected chi connectivity index (χ1v) is 9.27. The van der Waals surface area contributed by atoms with E-state index in [1.54, 1.807) is 12.1 Å². The second-order valence-corrected chi connectivity index (χ2v) is 7.66. The van der Waals surface area contributed by atoms with Gasteiger partial charge in [0.25, 0.3) is 0 Å². The lowest BCUT2D eigenvalue weighted by Crippen LogP contribution is -2.25. The van der Waals surface area contributed by atoms with Gasteiger partial charge in [0.05, 0.1) is 6.61 Å². The first-order chi connectivity index (χ1) is 11.5. The molecular weight excluding hydrogens is 327 g/mol. The summed E-state index contributed by atoms with van der Waals surface area (Å²) >= 11 is 0. The van der Waals surface area contributed by atoms with Crippen molar-refractivity contribution >= 4 is 13.6 Å². The molecule has 0 radical (unpaired) electrons. The molecule has 0 aliphatic rings. The summed E-state index contributed by atoms with van der Waals surface area (Å²) in [5.41, 5.74) is 0.560. The van der Waals surface area contributed by atoms with Gasteiger partial charge in [-0.25, -0.2) is 0 Å². The number of aliphatic carboxylic acids is 1. The molecule has 0 aliphatic heterocycles. The van der Waals surface area contributed by atoms with Crippen LogP contribution in [0.5, 0.6) is 0 Å². The van der Waals surface area contributed by atoms with Crippen LogP contribution in [-0.2, 0) is 31.2 Å². The maximum atomic E-state index is 12.9. The van der Waals surface area contributed by atoms with Gasteiger partial charge in [-0.05, 0) is 24.0 Å². The summed E-state index contributed by atoms with van der Waals surface area (Å²) in [5.74, 6) is -1.19. The van der Waals surface area contributed by atoms with Crippen LogP contribution in [0.3, 0.4) is 0 Å². The van der Waals surface area contributed by atoms with Gasteiger partial charge in [0.1, 0.15) is 0 Å². The third-order valence-electron chi connectivity index (χ3n) is 3.70. The van der Waals surface area contributed by atoms with E-state index in [0.29, 0.717) is 6.42 Å². The van der Waals surface area contributed by atoms with Crippen molar-refractivity contribution < 1.29 is 23.5 Å². The first-order valence-electron chi connectivity index (χ1n) is 7.66. The first kappa shape index (κ1) is 18.4. The minimum atomic E-state index is -3.77. The van der Waals surface area contributed by atoms with Crippen LogP contribution in [0.2, 0.25) is 0 Å². The zero-order valence-electron chi connectivity index (χ0n) is 13.5. The topological polar surface area (TPSA) is 72.8 Å². The van der Waals surface area contributed by atoms with Crippen LogP contribution in [0.4, 0.5) is 0 Å². The standard InChI is InChI=1S/C18H21O5P/c1-22-24(21,23-13-12-15-8-4-2-5-9-15)17(18(19)20)14-16-10-6-3-7-11-16/h2-11,17H,12-14H2,1H3,(H,19,20)/t17-,24?/m0/s1. The summed E-state index contributed by atoms with van der Waals surface area (Å²) in [4.78, 5) is 11.6. The van der Waals surface area contributed by atoms with E-state index in [-0.39, 0.29) is 13.0 Å². The molecule has 1 unspecified atom stereocenters. The third kappa shape index (κ3) is 5.03. The SMILES string of the molecule is COP(=O)(OCCc1ccccc1)[C@@H](Cc1ccccc1)C(=O)O. The molecule has 0 aliphatic carbocycles. The van der Waals surface area contributed by atoms with E-state index >= 15 is 0 Å². The van der Waals surface area contributed by atoms with E-state index in [0.717, 1.165) is 11.1 Å². The molecule has 24 heavy (non-hydrogen) atoms. The highest BCUT2D eigenvalue weighted by atomic mass is 31.2. The molecule has 0 amide bonds. The van der Waals surface area contributed by atoms with Crippen molar-refractivity contribution in [3.63, 3.8) is 0 Å². The van der Waals surface area contributed by atoms with Gasteiger partial charge < -0.3 is 14.2 Å². The molecule has 2 atom stereocenters. The Kier molecular flexibility index (Phi) is 6.73. The summed E-state index contributed by atoms with van der Waals surface area (Å²) in [5, 5.41) is 9.49. The van der Waals surface area contributed by atoms with Crippen LogP contribution in [0.25, 0.3) is 0 Å². The van der Waals surface area contributed by atoms with Gasteiger partial charge in [0, 0.05) is 7.11 Å². The number of carbonyl (C=O) groups is 1. The molecule has 5 nitrogen and oxygen atoms in total. The summed E-state index contributed by atoms with van der Waals surface area (Å²) in [6.45, 7) is 0.133. The molecule has 6 heteroatoms. The molecule has 2 aromatic carbocycles. The molecule has 1 N–H and O–H groups in total. The quantitative estimate of drug-likeness (QED) is 0.698. The van der Waals surface area contributed by atoms with Crippen LogP contribution >= 0.6 is 7.60 Å².